The van der Waals surface area contributed by atoms with E-state index >= 15 is 0 Å². The summed E-state index contributed by atoms with van der Waals surface area (Å²) in [5.41, 5.74) is 15.0. The standard InChI is InChI=1S/C36H40N4O8/c1-39(35(41)25-3-7-27(37)8-4-25)29-11-13-31-33(23-29)47-21-17-44-18-22-48-34-24-30(12-14-32(34)46-20-16-43-15-19-45-31)40(2)36(42)26-5-9-28(38)10-6-26/h3-14,23-24H,15-22,37-38H2,1-2H3. The summed E-state index contributed by atoms with van der Waals surface area (Å²) in [6.45, 7) is 2.17. The van der Waals surface area contributed by atoms with Crippen LogP contribution in [0.2, 0.25) is 0 Å². The van der Waals surface area contributed by atoms with Crippen LogP contribution in [-0.2, 0) is 9.47 Å². The zero-order valence-corrected chi connectivity index (χ0v) is 27.1. The number of hydrogen-bond acceptors (Lipinski definition) is 10. The van der Waals surface area contributed by atoms with Gasteiger partial charge in [0.2, 0.25) is 0 Å². The lowest BCUT2D eigenvalue weighted by Crippen LogP contribution is -2.26. The highest BCUT2D eigenvalue weighted by Gasteiger charge is 2.18. The summed E-state index contributed by atoms with van der Waals surface area (Å²) in [6, 6.07) is 24.1. The normalized spacial score (nSPS) is 14.2. The van der Waals surface area contributed by atoms with E-state index in [2.05, 4.69) is 0 Å². The molecule has 1 heterocycles. The van der Waals surface area contributed by atoms with Crippen molar-refractivity contribution in [1.29, 1.82) is 0 Å². The Morgan fingerprint density at radius 1 is 0.479 bits per heavy atom. The number of benzene rings is 4. The Hall–Kier alpha value is -5.46. The van der Waals surface area contributed by atoms with E-state index in [1.54, 1.807) is 99.0 Å². The number of fused-ring (bicyclic) bond motifs is 2. The van der Waals surface area contributed by atoms with Gasteiger partial charge in [-0.15, -0.1) is 0 Å². The van der Waals surface area contributed by atoms with Gasteiger partial charge < -0.3 is 49.7 Å². The second-order valence-corrected chi connectivity index (χ2v) is 10.9. The van der Waals surface area contributed by atoms with E-state index in [0.717, 1.165) is 0 Å². The van der Waals surface area contributed by atoms with Crippen LogP contribution in [-0.4, -0.2) is 78.8 Å². The van der Waals surface area contributed by atoms with Gasteiger partial charge in [-0.25, -0.2) is 0 Å². The first-order valence-corrected chi connectivity index (χ1v) is 15.5. The van der Waals surface area contributed by atoms with Crippen LogP contribution in [0.5, 0.6) is 23.0 Å². The first kappa shape index (κ1) is 33.9. The first-order valence-electron chi connectivity index (χ1n) is 15.5. The number of ether oxygens (including phenoxy) is 6. The van der Waals surface area contributed by atoms with Crippen molar-refractivity contribution in [1.82, 2.24) is 0 Å². The van der Waals surface area contributed by atoms with E-state index < -0.39 is 0 Å². The van der Waals surface area contributed by atoms with Crippen LogP contribution < -0.4 is 40.2 Å². The number of carbonyl (C=O) groups is 2. The maximum Gasteiger partial charge on any atom is 0.258 e. The number of hydrogen-bond donors (Lipinski definition) is 2. The largest absolute Gasteiger partial charge is 0.487 e. The van der Waals surface area contributed by atoms with Crippen LogP contribution in [0.3, 0.4) is 0 Å². The molecule has 0 radical (unpaired) electrons. The summed E-state index contributed by atoms with van der Waals surface area (Å²) in [5, 5.41) is 0. The number of carbonyl (C=O) groups excluding carboxylic acids is 2. The third-order valence-corrected chi connectivity index (χ3v) is 7.49. The Kier molecular flexibility index (Phi) is 11.6. The maximum atomic E-state index is 13.1. The minimum Gasteiger partial charge on any atom is -0.487 e. The molecule has 0 bridgehead atoms. The molecule has 12 heteroatoms. The fourth-order valence-electron chi connectivity index (χ4n) is 4.79. The number of anilines is 4. The highest BCUT2D eigenvalue weighted by atomic mass is 16.6. The van der Waals surface area contributed by atoms with E-state index in [1.807, 2.05) is 0 Å². The second-order valence-electron chi connectivity index (χ2n) is 10.9. The third-order valence-electron chi connectivity index (χ3n) is 7.49. The van der Waals surface area contributed by atoms with Crippen molar-refractivity contribution in [3.63, 3.8) is 0 Å². The van der Waals surface area contributed by atoms with E-state index in [9.17, 15) is 9.59 Å². The average molecular weight is 657 g/mol. The Morgan fingerprint density at radius 3 is 1.17 bits per heavy atom. The van der Waals surface area contributed by atoms with Crippen LogP contribution in [0.1, 0.15) is 20.7 Å². The van der Waals surface area contributed by atoms with E-state index in [0.29, 0.717) is 70.1 Å². The van der Waals surface area contributed by atoms with Crippen molar-refractivity contribution in [3.8, 4) is 23.0 Å². The smallest absolute Gasteiger partial charge is 0.258 e. The average Bonchev–Trinajstić information content (AvgIpc) is 3.10. The van der Waals surface area contributed by atoms with Crippen LogP contribution >= 0.6 is 0 Å². The van der Waals surface area contributed by atoms with Crippen LogP contribution in [0.15, 0.2) is 84.9 Å². The van der Waals surface area contributed by atoms with E-state index in [1.165, 1.54) is 9.80 Å². The van der Waals surface area contributed by atoms with Crippen LogP contribution in [0.25, 0.3) is 0 Å². The molecule has 4 aromatic rings. The summed E-state index contributed by atoms with van der Waals surface area (Å²) >= 11 is 0. The second kappa shape index (κ2) is 16.4. The minimum absolute atomic E-state index is 0.191. The topological polar surface area (TPSA) is 148 Å². The molecule has 1 aliphatic heterocycles. The molecular weight excluding hydrogens is 616 g/mol. The Morgan fingerprint density at radius 2 is 0.812 bits per heavy atom. The molecule has 1 aliphatic rings. The number of amides is 2. The molecule has 0 aliphatic carbocycles. The summed E-state index contributed by atoms with van der Waals surface area (Å²) in [4.78, 5) is 29.2. The molecule has 0 atom stereocenters. The van der Waals surface area contributed by atoms with E-state index in [4.69, 9.17) is 39.9 Å². The summed E-state index contributed by atoms with van der Waals surface area (Å²) in [5.74, 6) is 1.58. The van der Waals surface area contributed by atoms with Gasteiger partial charge >= 0.3 is 0 Å². The van der Waals surface area contributed by atoms with Gasteiger partial charge in [0.05, 0.1) is 26.4 Å². The van der Waals surface area contributed by atoms with Gasteiger partial charge in [-0.3, -0.25) is 9.59 Å². The zero-order chi connectivity index (χ0) is 33.9. The molecule has 4 N–H and O–H groups in total. The molecule has 2 amide bonds. The lowest BCUT2D eigenvalue weighted by Gasteiger charge is -2.21. The van der Waals surface area contributed by atoms with Crippen LogP contribution in [0, 0.1) is 0 Å². The van der Waals surface area contributed by atoms with Gasteiger partial charge in [-0.1, -0.05) is 0 Å². The fourth-order valence-corrected chi connectivity index (χ4v) is 4.79. The highest BCUT2D eigenvalue weighted by molar-refractivity contribution is 6.06. The van der Waals surface area contributed by atoms with Crippen molar-refractivity contribution in [2.24, 2.45) is 0 Å². The maximum absolute atomic E-state index is 13.1. The van der Waals surface area contributed by atoms with Gasteiger partial charge in [0.1, 0.15) is 26.4 Å². The monoisotopic (exact) mass is 656 g/mol. The van der Waals surface area contributed by atoms with Gasteiger partial charge in [-0.05, 0) is 72.8 Å². The Balaban J connectivity index is 1.22. The van der Waals surface area contributed by atoms with Crippen molar-refractivity contribution in [2.75, 3.05) is 88.2 Å². The molecule has 0 aromatic heterocycles. The lowest BCUT2D eigenvalue weighted by molar-refractivity contribution is 0.0640. The zero-order valence-electron chi connectivity index (χ0n) is 27.1. The van der Waals surface area contributed by atoms with E-state index in [-0.39, 0.29) is 51.5 Å². The molecule has 0 spiro atoms. The predicted molar refractivity (Wildman–Crippen MR) is 184 cm³/mol. The molecule has 252 valence electrons. The SMILES string of the molecule is CN(C(=O)c1ccc(N)cc1)c1ccc2c(c1)OCCOCCOc1cc(N(C)C(=O)c3ccc(N)cc3)ccc1OCCOCCO2. The summed E-state index contributed by atoms with van der Waals surface area (Å²) in [6.07, 6.45) is 0. The summed E-state index contributed by atoms with van der Waals surface area (Å²) < 4.78 is 35.5. The molecule has 5 rings (SSSR count). The number of rotatable bonds is 4. The Labute approximate surface area is 279 Å². The molecule has 0 saturated heterocycles. The molecule has 0 unspecified atom stereocenters. The van der Waals surface area contributed by atoms with Gasteiger partial charge in [0.15, 0.2) is 23.0 Å². The van der Waals surface area contributed by atoms with Gasteiger partial charge in [0.25, 0.3) is 11.8 Å². The lowest BCUT2D eigenvalue weighted by atomic mass is 10.1. The van der Waals surface area contributed by atoms with Crippen molar-refractivity contribution in [2.45, 2.75) is 0 Å². The highest BCUT2D eigenvalue weighted by Crippen LogP contribution is 2.34. The molecule has 0 fully saturated rings. The molecule has 0 saturated carbocycles. The number of nitrogens with two attached hydrogens (primary N) is 2. The molecule has 12 nitrogen and oxygen atoms in total. The Bertz CT molecular complexity index is 1560. The van der Waals surface area contributed by atoms with Crippen molar-refractivity contribution < 1.29 is 38.0 Å². The quantitative estimate of drug-likeness (QED) is 0.297. The first-order chi connectivity index (χ1) is 23.3. The third kappa shape index (κ3) is 8.87. The minimum atomic E-state index is -0.191. The molecular formula is C36H40N4O8. The number of nitrogens with zero attached hydrogens (tertiary/aromatic N) is 2. The molecule has 48 heavy (non-hydrogen) atoms. The van der Waals surface area contributed by atoms with Crippen LogP contribution in [0.4, 0.5) is 22.7 Å². The van der Waals surface area contributed by atoms with Crippen molar-refractivity contribution >= 4 is 34.6 Å². The van der Waals surface area contributed by atoms with Gasteiger partial charge in [0, 0.05) is 60.1 Å². The molecule has 4 aromatic carbocycles. The summed E-state index contributed by atoms with van der Waals surface area (Å²) in [7, 11) is 3.39. The predicted octanol–water partition coefficient (Wildman–Crippen LogP) is 4.67. The van der Waals surface area contributed by atoms with Gasteiger partial charge in [-0.2, -0.15) is 0 Å². The fraction of sp³-hybridized carbons (Fsp3) is 0.278. The van der Waals surface area contributed by atoms with Crippen molar-refractivity contribution in [3.05, 3.63) is 96.1 Å². The number of nitrogen functional groups attached to an aromatic ring is 2.